The smallest absolute Gasteiger partial charge is 0.258 e. The number of aliphatic hydroxyl groups excluding tert-OH is 1. The number of fused-ring (bicyclic) bond motifs is 2. The van der Waals surface area contributed by atoms with E-state index in [0.717, 1.165) is 10.5 Å². The van der Waals surface area contributed by atoms with Crippen molar-refractivity contribution in [3.63, 3.8) is 0 Å². The number of carbonyl (C=O) groups is 5. The van der Waals surface area contributed by atoms with Gasteiger partial charge in [-0.3, -0.25) is 24.0 Å². The minimum absolute atomic E-state index is 0.0529. The predicted octanol–water partition coefficient (Wildman–Crippen LogP) is 0.842. The van der Waals surface area contributed by atoms with Crippen molar-refractivity contribution in [1.82, 2.24) is 30.7 Å². The third-order valence-electron chi connectivity index (χ3n) is 9.06. The molecule has 2 aromatic rings. The van der Waals surface area contributed by atoms with Crippen LogP contribution in [0.25, 0.3) is 0 Å². The molecule has 1 fully saturated rings. The van der Waals surface area contributed by atoms with E-state index in [2.05, 4.69) is 20.9 Å². The number of likely N-dealkylation sites (tertiary alicyclic amines) is 1. The van der Waals surface area contributed by atoms with Crippen LogP contribution in [0.15, 0.2) is 42.7 Å². The van der Waals surface area contributed by atoms with Gasteiger partial charge in [-0.1, -0.05) is 26.0 Å². The van der Waals surface area contributed by atoms with Crippen LogP contribution in [0.4, 0.5) is 0 Å². The number of hydrogen-bond acceptors (Lipinski definition) is 7. The minimum Gasteiger partial charge on any atom is -0.484 e. The van der Waals surface area contributed by atoms with Gasteiger partial charge in [-0.15, -0.1) is 0 Å². The highest BCUT2D eigenvalue weighted by Crippen LogP contribution is 2.36. The second kappa shape index (κ2) is 14.8. The van der Waals surface area contributed by atoms with Crippen LogP contribution < -0.4 is 20.7 Å². The highest BCUT2D eigenvalue weighted by Gasteiger charge is 2.39. The molecule has 13 nitrogen and oxygen atoms in total. The number of ether oxygens (including phenoxy) is 1. The molecular formula is C33H46N6O7. The number of benzene rings is 1. The van der Waals surface area contributed by atoms with Crippen LogP contribution >= 0.6 is 0 Å². The van der Waals surface area contributed by atoms with E-state index in [9.17, 15) is 29.1 Å². The molecule has 0 unspecified atom stereocenters. The number of H-pyrrole nitrogens is 1. The molecular weight excluding hydrogens is 592 g/mol. The maximum absolute atomic E-state index is 13.6. The molecule has 1 saturated heterocycles. The Morgan fingerprint density at radius 2 is 1.74 bits per heavy atom. The number of aromatic amines is 1. The summed E-state index contributed by atoms with van der Waals surface area (Å²) in [5, 5.41) is 18.7. The molecule has 46 heavy (non-hydrogen) atoms. The highest BCUT2D eigenvalue weighted by molar-refractivity contribution is 5.95. The van der Waals surface area contributed by atoms with E-state index in [1.165, 1.54) is 20.9 Å². The Balaban J connectivity index is 1.63. The monoisotopic (exact) mass is 638 g/mol. The number of likely N-dealkylation sites (N-methyl/N-ethyl adjacent to an activating group) is 1. The van der Waals surface area contributed by atoms with Crippen molar-refractivity contribution in [2.45, 2.75) is 71.2 Å². The number of amides is 5. The van der Waals surface area contributed by atoms with Crippen molar-refractivity contribution >= 4 is 29.5 Å². The van der Waals surface area contributed by atoms with E-state index < -0.39 is 54.0 Å². The average Bonchev–Trinajstić information content (AvgIpc) is 3.58. The van der Waals surface area contributed by atoms with Gasteiger partial charge in [0.2, 0.25) is 17.7 Å². The summed E-state index contributed by atoms with van der Waals surface area (Å²) < 4.78 is 5.77. The van der Waals surface area contributed by atoms with Crippen LogP contribution in [0.1, 0.15) is 56.5 Å². The fourth-order valence-electron chi connectivity index (χ4n) is 5.95. The number of hydrogen-bond donors (Lipinski definition) is 5. The lowest BCUT2D eigenvalue weighted by atomic mass is 9.73. The van der Waals surface area contributed by atoms with Gasteiger partial charge in [0, 0.05) is 39.1 Å². The second-order valence-electron chi connectivity index (χ2n) is 12.9. The Morgan fingerprint density at radius 1 is 1.02 bits per heavy atom. The highest BCUT2D eigenvalue weighted by atomic mass is 16.5. The fourth-order valence-corrected chi connectivity index (χ4v) is 5.95. The molecule has 4 atom stereocenters. The summed E-state index contributed by atoms with van der Waals surface area (Å²) in [5.41, 5.74) is 1.12. The summed E-state index contributed by atoms with van der Waals surface area (Å²) in [4.78, 5) is 72.0. The second-order valence-corrected chi connectivity index (χ2v) is 12.9. The van der Waals surface area contributed by atoms with E-state index in [1.807, 2.05) is 36.9 Å². The zero-order valence-electron chi connectivity index (χ0n) is 27.2. The molecule has 0 saturated carbocycles. The standard InChI is InChI=1S/C33H46N6O7/c1-20(2)27-30(43)35-19-33(10-13-39(14-11-33)31(44)24-9-12-34-17-24)16-23-7-6-8-25(15-23)46-18-26(41)36-28(22(4)40)32(45)38(5)21(3)29(42)37-27/h6-9,12,15,17,20-22,27-28,34,40H,10-11,13-14,16,18-19H2,1-5H3,(H,35,43)(H,36,41)(H,37,42)/t21-,22+,27+,28-/m0/s1. The predicted molar refractivity (Wildman–Crippen MR) is 170 cm³/mol. The molecule has 3 heterocycles. The van der Waals surface area contributed by atoms with Gasteiger partial charge in [0.25, 0.3) is 11.8 Å². The van der Waals surface area contributed by atoms with Crippen LogP contribution in [0.3, 0.4) is 0 Å². The number of piperidine rings is 1. The first-order valence-corrected chi connectivity index (χ1v) is 15.8. The van der Waals surface area contributed by atoms with Gasteiger partial charge < -0.3 is 40.6 Å². The zero-order valence-corrected chi connectivity index (χ0v) is 27.2. The number of nitrogens with zero attached hydrogens (tertiary/aromatic N) is 2. The number of rotatable bonds is 3. The third-order valence-corrected chi connectivity index (χ3v) is 9.06. The first-order valence-electron chi connectivity index (χ1n) is 15.8. The molecule has 4 rings (SSSR count). The van der Waals surface area contributed by atoms with E-state index in [1.54, 1.807) is 24.5 Å². The minimum atomic E-state index is -1.32. The summed E-state index contributed by atoms with van der Waals surface area (Å²) in [6.07, 6.45) is 3.97. The number of carbonyl (C=O) groups excluding carboxylic acids is 5. The molecule has 2 aliphatic heterocycles. The Bertz CT molecular complexity index is 1400. The fraction of sp³-hybridized carbons (Fsp3) is 0.545. The van der Waals surface area contributed by atoms with Crippen LogP contribution in [-0.2, 0) is 25.6 Å². The Hall–Kier alpha value is -4.39. The van der Waals surface area contributed by atoms with Crippen molar-refractivity contribution in [2.24, 2.45) is 11.3 Å². The lowest BCUT2D eigenvalue weighted by Gasteiger charge is -2.42. The van der Waals surface area contributed by atoms with Crippen molar-refractivity contribution in [3.8, 4) is 5.75 Å². The average molecular weight is 639 g/mol. The first-order chi connectivity index (χ1) is 21.8. The van der Waals surface area contributed by atoms with Crippen LogP contribution in [0, 0.1) is 11.3 Å². The zero-order chi connectivity index (χ0) is 33.6. The lowest BCUT2D eigenvalue weighted by Crippen LogP contribution is -2.59. The topological polar surface area (TPSA) is 173 Å². The van der Waals surface area contributed by atoms with Crippen LogP contribution in [-0.4, -0.2) is 107 Å². The molecule has 5 amide bonds. The molecule has 2 bridgehead atoms. The van der Waals surface area contributed by atoms with Gasteiger partial charge in [0.15, 0.2) is 6.61 Å². The molecule has 0 aliphatic carbocycles. The Kier molecular flexibility index (Phi) is 11.1. The Labute approximate surface area is 269 Å². The molecule has 0 radical (unpaired) electrons. The number of aliphatic hydroxyl groups is 1. The van der Waals surface area contributed by atoms with Gasteiger partial charge in [-0.25, -0.2) is 0 Å². The third kappa shape index (κ3) is 8.25. The van der Waals surface area contributed by atoms with E-state index >= 15 is 0 Å². The summed E-state index contributed by atoms with van der Waals surface area (Å²) in [5.74, 6) is -2.05. The maximum Gasteiger partial charge on any atom is 0.258 e. The molecule has 1 aromatic heterocycles. The number of aromatic nitrogens is 1. The van der Waals surface area contributed by atoms with Crippen molar-refractivity contribution in [3.05, 3.63) is 53.9 Å². The first kappa shape index (κ1) is 34.5. The molecule has 13 heteroatoms. The quantitative estimate of drug-likeness (QED) is 0.331. The number of nitrogens with one attached hydrogen (secondary N) is 4. The molecule has 250 valence electrons. The van der Waals surface area contributed by atoms with Crippen molar-refractivity contribution in [2.75, 3.05) is 33.3 Å². The molecule has 1 spiro atoms. The van der Waals surface area contributed by atoms with Crippen molar-refractivity contribution in [1.29, 1.82) is 0 Å². The van der Waals surface area contributed by atoms with E-state index in [0.29, 0.717) is 50.2 Å². The van der Waals surface area contributed by atoms with Crippen molar-refractivity contribution < 1.29 is 33.8 Å². The van der Waals surface area contributed by atoms with Gasteiger partial charge in [0.05, 0.1) is 11.7 Å². The SMILES string of the molecule is CC(C)[C@H]1NC(=O)[C@H](C)N(C)C(=O)[C@H]([C@@H](C)O)NC(=O)COc2cccc(c2)CC2(CCN(C(=O)c3cc[nH]c3)CC2)CNC1=O. The summed E-state index contributed by atoms with van der Waals surface area (Å²) in [7, 11) is 1.40. The van der Waals surface area contributed by atoms with Crippen LogP contribution in [0.5, 0.6) is 5.75 Å². The molecule has 1 aromatic carbocycles. The van der Waals surface area contributed by atoms with E-state index in [4.69, 9.17) is 4.74 Å². The van der Waals surface area contributed by atoms with Gasteiger partial charge in [-0.05, 0) is 68.2 Å². The van der Waals surface area contributed by atoms with Crippen LogP contribution in [0.2, 0.25) is 0 Å². The summed E-state index contributed by atoms with van der Waals surface area (Å²) in [6.45, 7) is 7.46. The maximum atomic E-state index is 13.6. The van der Waals surface area contributed by atoms with E-state index in [-0.39, 0.29) is 17.7 Å². The molecule has 2 aliphatic rings. The normalized spacial score (nSPS) is 24.2. The van der Waals surface area contributed by atoms with Gasteiger partial charge in [-0.2, -0.15) is 0 Å². The molecule has 5 N–H and O–H groups in total. The van der Waals surface area contributed by atoms with Gasteiger partial charge >= 0.3 is 0 Å². The largest absolute Gasteiger partial charge is 0.484 e. The summed E-state index contributed by atoms with van der Waals surface area (Å²) in [6, 6.07) is 5.89. The Morgan fingerprint density at radius 3 is 2.37 bits per heavy atom. The lowest BCUT2D eigenvalue weighted by molar-refractivity contribution is -0.144. The van der Waals surface area contributed by atoms with Gasteiger partial charge in [0.1, 0.15) is 23.9 Å². The summed E-state index contributed by atoms with van der Waals surface area (Å²) >= 11 is 0.